The molecule has 4 nitrogen and oxygen atoms in total. The number of hydrogen-bond donors (Lipinski definition) is 1. The monoisotopic (exact) mass is 378 g/mol. The van der Waals surface area contributed by atoms with Crippen LogP contribution in [0.1, 0.15) is 28.9 Å². The minimum absolute atomic E-state index is 0.0167. The van der Waals surface area contributed by atoms with Gasteiger partial charge in [-0.25, -0.2) is 4.39 Å². The third kappa shape index (κ3) is 3.62. The number of hydrogen-bond acceptors (Lipinski definition) is 3. The molecule has 1 atom stereocenters. The number of halogens is 1. The number of aliphatic hydroxyl groups excluding tert-OH is 1. The van der Waals surface area contributed by atoms with Crippen LogP contribution in [0.4, 0.5) is 4.39 Å². The zero-order valence-corrected chi connectivity index (χ0v) is 15.6. The van der Waals surface area contributed by atoms with Gasteiger partial charge in [-0.1, -0.05) is 36.4 Å². The minimum atomic E-state index is -0.420. The number of aliphatic hydroxyl groups is 1. The first-order valence-electron chi connectivity index (χ1n) is 9.59. The molecule has 0 bridgehead atoms. The summed E-state index contributed by atoms with van der Waals surface area (Å²) in [5.74, 6) is -0.377. The van der Waals surface area contributed by atoms with Crippen molar-refractivity contribution in [1.29, 1.82) is 0 Å². The molecule has 0 radical (unpaired) electrons. The van der Waals surface area contributed by atoms with Crippen molar-refractivity contribution < 1.29 is 14.3 Å². The van der Waals surface area contributed by atoms with Gasteiger partial charge in [0, 0.05) is 30.1 Å². The second kappa shape index (κ2) is 7.68. The quantitative estimate of drug-likeness (QED) is 0.751. The number of amides is 1. The summed E-state index contributed by atoms with van der Waals surface area (Å²) in [4.78, 5) is 19.4. The molecular weight excluding hydrogens is 355 g/mol. The summed E-state index contributed by atoms with van der Waals surface area (Å²) in [7, 11) is 0. The van der Waals surface area contributed by atoms with Crippen molar-refractivity contribution in [2.45, 2.75) is 19.3 Å². The largest absolute Gasteiger partial charge is 0.396 e. The van der Waals surface area contributed by atoms with E-state index >= 15 is 0 Å². The predicted molar refractivity (Wildman–Crippen MR) is 107 cm³/mol. The molecule has 144 valence electrons. The molecule has 28 heavy (non-hydrogen) atoms. The summed E-state index contributed by atoms with van der Waals surface area (Å²) in [5.41, 5.74) is 0.998. The second-order valence-electron chi connectivity index (χ2n) is 7.67. The molecule has 1 N–H and O–H groups in total. The van der Waals surface area contributed by atoms with Crippen molar-refractivity contribution in [2.24, 2.45) is 5.41 Å². The standard InChI is InChI=1S/C23H23FN2O2/c24-19-8-6-17(7-9-19)14-23(16-27)11-3-13-26(15-23)22(28)21-20-5-2-1-4-18(20)10-12-25-21/h1-2,4-10,12,27H,3,11,13-16H2/t23-/m1/s1. The predicted octanol–water partition coefficient (Wildman–Crippen LogP) is 3.83. The lowest BCUT2D eigenvalue weighted by molar-refractivity contribution is 0.0269. The van der Waals surface area contributed by atoms with Crippen LogP contribution in [-0.2, 0) is 6.42 Å². The zero-order valence-electron chi connectivity index (χ0n) is 15.6. The van der Waals surface area contributed by atoms with Crippen molar-refractivity contribution in [1.82, 2.24) is 9.88 Å². The summed E-state index contributed by atoms with van der Waals surface area (Å²) < 4.78 is 13.2. The zero-order chi connectivity index (χ0) is 19.6. The van der Waals surface area contributed by atoms with E-state index in [1.54, 1.807) is 23.2 Å². The summed E-state index contributed by atoms with van der Waals surface area (Å²) in [6.45, 7) is 1.09. The Labute approximate surface area is 163 Å². The average Bonchev–Trinajstić information content (AvgIpc) is 2.74. The number of carbonyl (C=O) groups excluding carboxylic acids is 1. The van der Waals surface area contributed by atoms with Gasteiger partial charge < -0.3 is 10.0 Å². The Morgan fingerprint density at radius 3 is 2.71 bits per heavy atom. The van der Waals surface area contributed by atoms with Crippen LogP contribution in [0.25, 0.3) is 10.8 Å². The number of carbonyl (C=O) groups is 1. The summed E-state index contributed by atoms with van der Waals surface area (Å²) >= 11 is 0. The van der Waals surface area contributed by atoms with Crippen LogP contribution in [0.5, 0.6) is 0 Å². The molecule has 3 aromatic rings. The third-order valence-electron chi connectivity index (χ3n) is 5.65. The first-order chi connectivity index (χ1) is 13.6. The van der Waals surface area contributed by atoms with Crippen molar-refractivity contribution in [2.75, 3.05) is 19.7 Å². The average molecular weight is 378 g/mol. The van der Waals surface area contributed by atoms with E-state index < -0.39 is 5.41 Å². The van der Waals surface area contributed by atoms with Gasteiger partial charge in [0.1, 0.15) is 11.5 Å². The van der Waals surface area contributed by atoms with Crippen molar-refractivity contribution in [3.8, 4) is 0 Å². The van der Waals surface area contributed by atoms with Gasteiger partial charge in [0.25, 0.3) is 5.91 Å². The number of aromatic nitrogens is 1. The number of pyridine rings is 1. The van der Waals surface area contributed by atoms with Gasteiger partial charge in [0.15, 0.2) is 0 Å². The molecular formula is C23H23FN2O2. The molecule has 0 saturated carbocycles. The highest BCUT2D eigenvalue weighted by Crippen LogP contribution is 2.34. The molecule has 5 heteroatoms. The number of rotatable bonds is 4. The van der Waals surface area contributed by atoms with E-state index in [2.05, 4.69) is 4.98 Å². The molecule has 1 amide bonds. The summed E-state index contributed by atoms with van der Waals surface area (Å²) in [5, 5.41) is 12.0. The molecule has 1 aliphatic rings. The van der Waals surface area contributed by atoms with Gasteiger partial charge in [0.2, 0.25) is 0 Å². The number of nitrogens with zero attached hydrogens (tertiary/aromatic N) is 2. The molecule has 0 aliphatic carbocycles. The van der Waals surface area contributed by atoms with Crippen molar-refractivity contribution in [3.05, 3.63) is 77.9 Å². The van der Waals surface area contributed by atoms with Gasteiger partial charge in [-0.3, -0.25) is 9.78 Å². The van der Waals surface area contributed by atoms with E-state index in [-0.39, 0.29) is 18.3 Å². The molecule has 1 aliphatic heterocycles. The van der Waals surface area contributed by atoms with Crippen LogP contribution in [0.15, 0.2) is 60.8 Å². The Morgan fingerprint density at radius 2 is 1.93 bits per heavy atom. The number of likely N-dealkylation sites (tertiary alicyclic amines) is 1. The van der Waals surface area contributed by atoms with Gasteiger partial charge in [0.05, 0.1) is 6.61 Å². The highest BCUT2D eigenvalue weighted by atomic mass is 19.1. The fourth-order valence-corrected chi connectivity index (χ4v) is 4.19. The highest BCUT2D eigenvalue weighted by Gasteiger charge is 2.37. The molecule has 2 heterocycles. The molecule has 1 aromatic heterocycles. The maximum absolute atomic E-state index is 13.2. The van der Waals surface area contributed by atoms with Crippen LogP contribution < -0.4 is 0 Å². The topological polar surface area (TPSA) is 53.4 Å². The number of fused-ring (bicyclic) bond motifs is 1. The van der Waals surface area contributed by atoms with Gasteiger partial charge in [-0.05, 0) is 48.4 Å². The third-order valence-corrected chi connectivity index (χ3v) is 5.65. The van der Waals surface area contributed by atoms with Crippen LogP contribution >= 0.6 is 0 Å². The second-order valence-corrected chi connectivity index (χ2v) is 7.67. The van der Waals surface area contributed by atoms with Crippen LogP contribution in [-0.4, -0.2) is 40.6 Å². The highest BCUT2D eigenvalue weighted by molar-refractivity contribution is 6.05. The van der Waals surface area contributed by atoms with Crippen LogP contribution in [0, 0.1) is 11.2 Å². The van der Waals surface area contributed by atoms with Gasteiger partial charge in [-0.2, -0.15) is 0 Å². The van der Waals surface area contributed by atoms with Crippen LogP contribution in [0.3, 0.4) is 0 Å². The smallest absolute Gasteiger partial charge is 0.273 e. The number of benzene rings is 2. The molecule has 1 saturated heterocycles. The summed E-state index contributed by atoms with van der Waals surface area (Å²) in [6.07, 6.45) is 3.92. The lowest BCUT2D eigenvalue weighted by Crippen LogP contribution is -2.49. The Morgan fingerprint density at radius 1 is 1.14 bits per heavy atom. The van der Waals surface area contributed by atoms with Crippen molar-refractivity contribution in [3.63, 3.8) is 0 Å². The van der Waals surface area contributed by atoms with Crippen molar-refractivity contribution >= 4 is 16.7 Å². The number of piperidine rings is 1. The SMILES string of the molecule is O=C(c1nccc2ccccc12)N1CCC[C@@](CO)(Cc2ccc(F)cc2)C1. The fourth-order valence-electron chi connectivity index (χ4n) is 4.19. The molecule has 0 spiro atoms. The minimum Gasteiger partial charge on any atom is -0.396 e. The van der Waals surface area contributed by atoms with Gasteiger partial charge >= 0.3 is 0 Å². The first-order valence-corrected chi connectivity index (χ1v) is 9.59. The van der Waals surface area contributed by atoms with E-state index in [0.717, 1.165) is 29.2 Å². The van der Waals surface area contributed by atoms with E-state index in [0.29, 0.717) is 25.2 Å². The molecule has 0 unspecified atom stereocenters. The summed E-state index contributed by atoms with van der Waals surface area (Å²) in [6, 6.07) is 16.0. The maximum atomic E-state index is 13.2. The molecule has 2 aromatic carbocycles. The first kappa shape index (κ1) is 18.6. The lowest BCUT2D eigenvalue weighted by atomic mass is 9.75. The normalized spacial score (nSPS) is 19.7. The Balaban J connectivity index is 1.59. The van der Waals surface area contributed by atoms with E-state index in [4.69, 9.17) is 0 Å². The maximum Gasteiger partial charge on any atom is 0.273 e. The van der Waals surface area contributed by atoms with Crippen LogP contribution in [0.2, 0.25) is 0 Å². The lowest BCUT2D eigenvalue weighted by Gasteiger charge is -2.42. The molecule has 4 rings (SSSR count). The Kier molecular flexibility index (Phi) is 5.09. The van der Waals surface area contributed by atoms with E-state index in [1.165, 1.54) is 12.1 Å². The fraction of sp³-hybridized carbons (Fsp3) is 0.304. The van der Waals surface area contributed by atoms with E-state index in [1.807, 2.05) is 30.3 Å². The Bertz CT molecular complexity index is 984. The Hall–Kier alpha value is -2.79. The van der Waals surface area contributed by atoms with E-state index in [9.17, 15) is 14.3 Å². The van der Waals surface area contributed by atoms with Gasteiger partial charge in [-0.15, -0.1) is 0 Å². The molecule has 1 fully saturated rings.